The first-order chi connectivity index (χ1) is 12.4. The number of hydrogen-bond donors (Lipinski definition) is 0. The summed E-state index contributed by atoms with van der Waals surface area (Å²) in [4.78, 5) is 28.0. The van der Waals surface area contributed by atoms with Crippen LogP contribution >= 0.6 is 0 Å². The minimum Gasteiger partial charge on any atom is -0.362 e. The summed E-state index contributed by atoms with van der Waals surface area (Å²) >= 11 is 0. The van der Waals surface area contributed by atoms with E-state index in [1.807, 2.05) is 55.0 Å². The van der Waals surface area contributed by atoms with Crippen LogP contribution in [0.3, 0.4) is 0 Å². The van der Waals surface area contributed by atoms with Gasteiger partial charge in [-0.3, -0.25) is 9.69 Å². The highest BCUT2D eigenvalue weighted by Gasteiger charge is 2.31. The Labute approximate surface area is 155 Å². The van der Waals surface area contributed by atoms with Crippen LogP contribution in [0.1, 0.15) is 28.4 Å². The van der Waals surface area contributed by atoms with Crippen LogP contribution in [0.15, 0.2) is 30.6 Å². The summed E-state index contributed by atoms with van der Waals surface area (Å²) in [5.74, 6) is 1.07. The molecule has 1 aliphatic rings. The molecule has 0 bridgehead atoms. The van der Waals surface area contributed by atoms with E-state index in [9.17, 15) is 4.79 Å². The molecule has 0 N–H and O–H groups in total. The molecule has 6 heteroatoms. The molecule has 0 radical (unpaired) electrons. The van der Waals surface area contributed by atoms with Gasteiger partial charge < -0.3 is 9.80 Å². The molecule has 3 rings (SSSR count). The normalized spacial score (nSPS) is 14.9. The van der Waals surface area contributed by atoms with Crippen molar-refractivity contribution in [3.8, 4) is 0 Å². The smallest absolute Gasteiger partial charge is 0.244 e. The van der Waals surface area contributed by atoms with Crippen LogP contribution in [0.4, 0.5) is 5.82 Å². The van der Waals surface area contributed by atoms with Crippen LogP contribution in [0, 0.1) is 6.92 Å². The molecule has 138 valence electrons. The van der Waals surface area contributed by atoms with Crippen molar-refractivity contribution in [1.82, 2.24) is 19.8 Å². The lowest BCUT2D eigenvalue weighted by atomic mass is 10.00. The fourth-order valence-electron chi connectivity index (χ4n) is 3.49. The largest absolute Gasteiger partial charge is 0.362 e. The summed E-state index contributed by atoms with van der Waals surface area (Å²) in [5, 5.41) is 0. The van der Waals surface area contributed by atoms with Crippen LogP contribution in [-0.2, 0) is 17.8 Å². The minimum absolute atomic E-state index is 0.120. The molecule has 1 amide bonds. The average Bonchev–Trinajstić information content (AvgIpc) is 2.62. The Kier molecular flexibility index (Phi) is 5.23. The number of aromatic nitrogens is 2. The first-order valence-electron chi connectivity index (χ1n) is 8.90. The van der Waals surface area contributed by atoms with Crippen molar-refractivity contribution < 1.29 is 4.79 Å². The summed E-state index contributed by atoms with van der Waals surface area (Å²) < 4.78 is 0. The third kappa shape index (κ3) is 3.55. The number of carbonyl (C=O) groups excluding carboxylic acids is 1. The molecule has 0 unspecified atom stereocenters. The second-order valence-corrected chi connectivity index (χ2v) is 7.30. The second-order valence-electron chi connectivity index (χ2n) is 7.30. The molecule has 0 saturated heterocycles. The lowest BCUT2D eigenvalue weighted by Gasteiger charge is -2.34. The maximum atomic E-state index is 13.3. The zero-order chi connectivity index (χ0) is 18.8. The molecule has 1 aliphatic heterocycles. The zero-order valence-electron chi connectivity index (χ0n) is 16.2. The van der Waals surface area contributed by atoms with Crippen molar-refractivity contribution in [3.05, 3.63) is 53.0 Å². The number of hydrogen-bond acceptors (Lipinski definition) is 5. The highest BCUT2D eigenvalue weighted by molar-refractivity contribution is 5.83. The summed E-state index contributed by atoms with van der Waals surface area (Å²) in [5.41, 5.74) is 4.31. The summed E-state index contributed by atoms with van der Waals surface area (Å²) in [6.45, 7) is 3.28. The van der Waals surface area contributed by atoms with Gasteiger partial charge in [0.1, 0.15) is 18.2 Å². The second kappa shape index (κ2) is 7.41. The van der Waals surface area contributed by atoms with E-state index >= 15 is 0 Å². The van der Waals surface area contributed by atoms with E-state index in [0.717, 1.165) is 29.1 Å². The number of aryl methyl sites for hydroxylation is 1. The highest BCUT2D eigenvalue weighted by atomic mass is 16.2. The van der Waals surface area contributed by atoms with E-state index in [1.54, 1.807) is 6.33 Å². The fourth-order valence-corrected chi connectivity index (χ4v) is 3.49. The lowest BCUT2D eigenvalue weighted by Crippen LogP contribution is -2.43. The van der Waals surface area contributed by atoms with E-state index in [0.29, 0.717) is 13.1 Å². The molecule has 0 saturated carbocycles. The number of rotatable bonds is 4. The summed E-state index contributed by atoms with van der Waals surface area (Å²) in [6, 6.07) is 7.92. The molecule has 1 atom stereocenters. The monoisotopic (exact) mass is 353 g/mol. The van der Waals surface area contributed by atoms with E-state index in [2.05, 4.69) is 29.0 Å². The Balaban J connectivity index is 1.86. The van der Waals surface area contributed by atoms with Gasteiger partial charge in [-0.1, -0.05) is 29.8 Å². The number of amides is 1. The van der Waals surface area contributed by atoms with Gasteiger partial charge >= 0.3 is 0 Å². The topological polar surface area (TPSA) is 52.6 Å². The number of carbonyl (C=O) groups is 1. The Hall–Kier alpha value is -2.47. The summed E-state index contributed by atoms with van der Waals surface area (Å²) in [6.07, 6.45) is 2.37. The molecule has 0 fully saturated rings. The van der Waals surface area contributed by atoms with Gasteiger partial charge in [-0.15, -0.1) is 0 Å². The Morgan fingerprint density at radius 2 is 1.81 bits per heavy atom. The van der Waals surface area contributed by atoms with Gasteiger partial charge in [-0.2, -0.15) is 0 Å². The van der Waals surface area contributed by atoms with Gasteiger partial charge in [-0.05, 0) is 33.0 Å². The molecule has 2 heterocycles. The maximum absolute atomic E-state index is 13.3. The van der Waals surface area contributed by atoms with Crippen LogP contribution < -0.4 is 4.90 Å². The molecule has 2 aromatic rings. The maximum Gasteiger partial charge on any atom is 0.244 e. The Morgan fingerprint density at radius 3 is 2.42 bits per heavy atom. The van der Waals surface area contributed by atoms with Crippen LogP contribution in [0.25, 0.3) is 0 Å². The molecule has 6 nitrogen and oxygen atoms in total. The Bertz CT molecular complexity index is 785. The van der Waals surface area contributed by atoms with E-state index in [1.165, 1.54) is 5.56 Å². The van der Waals surface area contributed by atoms with Crippen molar-refractivity contribution in [1.29, 1.82) is 0 Å². The predicted molar refractivity (Wildman–Crippen MR) is 103 cm³/mol. The summed E-state index contributed by atoms with van der Waals surface area (Å²) in [7, 11) is 7.87. The third-order valence-electron chi connectivity index (χ3n) is 4.86. The minimum atomic E-state index is -0.285. The molecule has 1 aromatic carbocycles. The standard InChI is InChI=1S/C20H27N5O/c1-14-6-8-15(9-7-14)18(23(2)3)20(26)25-11-10-16-17(12-25)21-13-22-19(16)24(4)5/h6-9,13,18H,10-12H2,1-5H3/t18-/m1/s1. The highest BCUT2D eigenvalue weighted by Crippen LogP contribution is 2.28. The van der Waals surface area contributed by atoms with Gasteiger partial charge in [-0.25, -0.2) is 9.97 Å². The molecule has 1 aromatic heterocycles. The number of benzene rings is 1. The van der Waals surface area contributed by atoms with Crippen LogP contribution in [0.5, 0.6) is 0 Å². The van der Waals surface area contributed by atoms with Gasteiger partial charge in [0.2, 0.25) is 5.91 Å². The van der Waals surface area contributed by atoms with Crippen LogP contribution in [-0.4, -0.2) is 60.4 Å². The van der Waals surface area contributed by atoms with Crippen molar-refractivity contribution in [2.45, 2.75) is 25.9 Å². The van der Waals surface area contributed by atoms with E-state index < -0.39 is 0 Å². The molecular formula is C20H27N5O. The number of nitrogens with zero attached hydrogens (tertiary/aromatic N) is 5. The van der Waals surface area contributed by atoms with Crippen molar-refractivity contribution in [2.75, 3.05) is 39.6 Å². The first-order valence-corrected chi connectivity index (χ1v) is 8.90. The Morgan fingerprint density at radius 1 is 1.12 bits per heavy atom. The lowest BCUT2D eigenvalue weighted by molar-refractivity contribution is -0.137. The molecule has 0 spiro atoms. The van der Waals surface area contributed by atoms with Crippen molar-refractivity contribution in [2.24, 2.45) is 0 Å². The fraction of sp³-hybridized carbons (Fsp3) is 0.450. The van der Waals surface area contributed by atoms with Gasteiger partial charge in [0.15, 0.2) is 0 Å². The number of likely N-dealkylation sites (N-methyl/N-ethyl adjacent to an activating group) is 1. The van der Waals surface area contributed by atoms with Gasteiger partial charge in [0.25, 0.3) is 0 Å². The molecular weight excluding hydrogens is 326 g/mol. The quantitative estimate of drug-likeness (QED) is 0.842. The number of anilines is 1. The zero-order valence-corrected chi connectivity index (χ0v) is 16.2. The third-order valence-corrected chi connectivity index (χ3v) is 4.86. The predicted octanol–water partition coefficient (Wildman–Crippen LogP) is 2.04. The van der Waals surface area contributed by atoms with Gasteiger partial charge in [0, 0.05) is 26.2 Å². The average molecular weight is 353 g/mol. The first kappa shape index (κ1) is 18.3. The van der Waals surface area contributed by atoms with Crippen LogP contribution in [0.2, 0.25) is 0 Å². The van der Waals surface area contributed by atoms with Crippen molar-refractivity contribution >= 4 is 11.7 Å². The SMILES string of the molecule is Cc1ccc([C@H](C(=O)N2CCc3c(ncnc3N(C)C)C2)N(C)C)cc1. The van der Waals surface area contributed by atoms with Gasteiger partial charge in [0.05, 0.1) is 12.2 Å². The van der Waals surface area contributed by atoms with E-state index in [-0.39, 0.29) is 11.9 Å². The molecule has 26 heavy (non-hydrogen) atoms. The molecule has 0 aliphatic carbocycles. The van der Waals surface area contributed by atoms with Crippen molar-refractivity contribution in [3.63, 3.8) is 0 Å². The van der Waals surface area contributed by atoms with E-state index in [4.69, 9.17) is 0 Å². The number of fused-ring (bicyclic) bond motifs is 1.